The molecule has 3 nitrogen and oxygen atoms in total. The number of unbranched alkanes of at least 4 members (excludes halogenated alkanes) is 1. The molecule has 0 aliphatic heterocycles. The summed E-state index contributed by atoms with van der Waals surface area (Å²) in [6.45, 7) is 15.4. The lowest BCUT2D eigenvalue weighted by atomic mass is 9.88. The smallest absolute Gasteiger partial charge is 0.251 e. The minimum atomic E-state index is 0.0429. The van der Waals surface area contributed by atoms with Crippen LogP contribution < -0.4 is 5.32 Å². The molecule has 142 valence electrons. The van der Waals surface area contributed by atoms with Crippen LogP contribution in [0.4, 0.5) is 0 Å². The third-order valence-corrected chi connectivity index (χ3v) is 4.22. The van der Waals surface area contributed by atoms with Crippen LogP contribution in [0.2, 0.25) is 0 Å². The third-order valence-electron chi connectivity index (χ3n) is 4.22. The molecule has 0 radical (unpaired) electrons. The van der Waals surface area contributed by atoms with E-state index in [0.29, 0.717) is 0 Å². The number of benzene rings is 1. The maximum absolute atomic E-state index is 12.2. The van der Waals surface area contributed by atoms with E-state index in [4.69, 9.17) is 0 Å². The van der Waals surface area contributed by atoms with E-state index in [1.807, 2.05) is 12.1 Å². The second-order valence-electron chi connectivity index (χ2n) is 8.24. The van der Waals surface area contributed by atoms with Gasteiger partial charge in [-0.1, -0.05) is 46.8 Å². The van der Waals surface area contributed by atoms with Crippen molar-refractivity contribution in [3.8, 4) is 0 Å². The minimum absolute atomic E-state index is 0.0429. The first-order chi connectivity index (χ1) is 11.9. The molecule has 0 saturated heterocycles. The Morgan fingerprint density at radius 1 is 0.960 bits per heavy atom. The van der Waals surface area contributed by atoms with Crippen LogP contribution in [0.15, 0.2) is 24.3 Å². The van der Waals surface area contributed by atoms with Crippen molar-refractivity contribution in [2.45, 2.75) is 66.7 Å². The number of nitrogens with one attached hydrogen (secondary N) is 1. The molecule has 3 heteroatoms. The highest BCUT2D eigenvalue weighted by Gasteiger charge is 2.12. The Morgan fingerprint density at radius 3 is 2.08 bits per heavy atom. The fourth-order valence-corrected chi connectivity index (χ4v) is 3.12. The van der Waals surface area contributed by atoms with Gasteiger partial charge in [-0.2, -0.15) is 0 Å². The highest BCUT2D eigenvalue weighted by Crippen LogP contribution is 2.20. The van der Waals surface area contributed by atoms with E-state index in [1.165, 1.54) is 31.5 Å². The molecule has 1 amide bonds. The summed E-state index contributed by atoms with van der Waals surface area (Å²) in [5, 5.41) is 3.05. The first kappa shape index (κ1) is 21.7. The van der Waals surface area contributed by atoms with E-state index >= 15 is 0 Å². The number of nitrogens with zero attached hydrogens (tertiary/aromatic N) is 1. The maximum atomic E-state index is 12.2. The summed E-state index contributed by atoms with van der Waals surface area (Å²) in [6, 6.07) is 8.04. The van der Waals surface area contributed by atoms with Crippen molar-refractivity contribution in [3.63, 3.8) is 0 Å². The molecule has 0 aromatic heterocycles. The lowest BCUT2D eigenvalue weighted by Gasteiger charge is -2.20. The Hall–Kier alpha value is -1.35. The number of amides is 1. The largest absolute Gasteiger partial charge is 0.352 e. The van der Waals surface area contributed by atoms with Crippen molar-refractivity contribution in [1.82, 2.24) is 10.2 Å². The predicted octanol–water partition coefficient (Wildman–Crippen LogP) is 4.91. The van der Waals surface area contributed by atoms with Crippen LogP contribution in [0.25, 0.3) is 0 Å². The van der Waals surface area contributed by atoms with Gasteiger partial charge in [0.2, 0.25) is 0 Å². The minimum Gasteiger partial charge on any atom is -0.352 e. The maximum Gasteiger partial charge on any atom is 0.251 e. The number of carbonyl (C=O) groups is 1. The van der Waals surface area contributed by atoms with Crippen LogP contribution in [-0.4, -0.2) is 37.0 Å². The van der Waals surface area contributed by atoms with Gasteiger partial charge >= 0.3 is 0 Å². The predicted molar refractivity (Wildman–Crippen MR) is 108 cm³/mol. The van der Waals surface area contributed by atoms with Crippen LogP contribution in [0, 0.1) is 5.41 Å². The SMILES string of the molecule is CCCN(CCC)CCCCNC(=O)c1ccc(CC(C)(C)C)cc1. The fourth-order valence-electron chi connectivity index (χ4n) is 3.12. The Labute approximate surface area is 155 Å². The zero-order valence-electron chi connectivity index (χ0n) is 17.0. The van der Waals surface area contributed by atoms with E-state index < -0.39 is 0 Å². The van der Waals surface area contributed by atoms with Gasteiger partial charge in [0.1, 0.15) is 0 Å². The summed E-state index contributed by atoms with van der Waals surface area (Å²) in [4.78, 5) is 14.7. The molecule has 1 aromatic carbocycles. The first-order valence-corrected chi connectivity index (χ1v) is 9.95. The normalized spacial score (nSPS) is 11.8. The van der Waals surface area contributed by atoms with E-state index in [2.05, 4.69) is 57.0 Å². The Balaban J connectivity index is 2.30. The highest BCUT2D eigenvalue weighted by atomic mass is 16.1. The topological polar surface area (TPSA) is 32.3 Å². The fraction of sp³-hybridized carbons (Fsp3) is 0.682. The lowest BCUT2D eigenvalue weighted by molar-refractivity contribution is 0.0952. The van der Waals surface area contributed by atoms with E-state index in [-0.39, 0.29) is 11.3 Å². The molecule has 0 aliphatic rings. The average molecular weight is 347 g/mol. The lowest BCUT2D eigenvalue weighted by Crippen LogP contribution is -2.28. The second kappa shape index (κ2) is 11.3. The molecule has 0 fully saturated rings. The second-order valence-corrected chi connectivity index (χ2v) is 8.24. The van der Waals surface area contributed by atoms with E-state index in [0.717, 1.165) is 37.9 Å². The molecule has 0 heterocycles. The monoisotopic (exact) mass is 346 g/mol. The van der Waals surface area contributed by atoms with Gasteiger partial charge in [-0.05, 0) is 74.8 Å². The Kier molecular flexibility index (Phi) is 9.81. The van der Waals surface area contributed by atoms with Crippen molar-refractivity contribution >= 4 is 5.91 Å². The van der Waals surface area contributed by atoms with Crippen LogP contribution in [-0.2, 0) is 6.42 Å². The molecule has 0 atom stereocenters. The molecule has 1 N–H and O–H groups in total. The van der Waals surface area contributed by atoms with E-state index in [9.17, 15) is 4.79 Å². The number of rotatable bonds is 11. The molecule has 1 aromatic rings. The van der Waals surface area contributed by atoms with Crippen molar-refractivity contribution in [2.75, 3.05) is 26.2 Å². The summed E-state index contributed by atoms with van der Waals surface area (Å²) < 4.78 is 0. The van der Waals surface area contributed by atoms with Gasteiger partial charge in [-0.3, -0.25) is 4.79 Å². The Morgan fingerprint density at radius 2 is 1.56 bits per heavy atom. The van der Waals surface area contributed by atoms with Crippen LogP contribution in [0.3, 0.4) is 0 Å². The van der Waals surface area contributed by atoms with Gasteiger partial charge in [0.15, 0.2) is 0 Å². The summed E-state index contributed by atoms with van der Waals surface area (Å²) in [5.74, 6) is 0.0429. The van der Waals surface area contributed by atoms with Crippen molar-refractivity contribution in [1.29, 1.82) is 0 Å². The molecule has 0 bridgehead atoms. The van der Waals surface area contributed by atoms with Gasteiger partial charge in [0.05, 0.1) is 0 Å². The molecular formula is C22H38N2O. The number of carbonyl (C=O) groups excluding carboxylic acids is 1. The van der Waals surface area contributed by atoms with Gasteiger partial charge in [0.25, 0.3) is 5.91 Å². The van der Waals surface area contributed by atoms with Gasteiger partial charge in [-0.15, -0.1) is 0 Å². The third kappa shape index (κ3) is 9.64. The summed E-state index contributed by atoms with van der Waals surface area (Å²) in [6.07, 6.45) is 5.63. The highest BCUT2D eigenvalue weighted by molar-refractivity contribution is 5.94. The van der Waals surface area contributed by atoms with Crippen LogP contribution in [0.1, 0.15) is 76.2 Å². The van der Waals surface area contributed by atoms with Crippen LogP contribution >= 0.6 is 0 Å². The molecule has 0 spiro atoms. The molecule has 0 unspecified atom stereocenters. The molecule has 0 saturated carbocycles. The molecule has 0 aliphatic carbocycles. The van der Waals surface area contributed by atoms with Crippen molar-refractivity contribution in [2.24, 2.45) is 5.41 Å². The first-order valence-electron chi connectivity index (χ1n) is 9.95. The summed E-state index contributed by atoms with van der Waals surface area (Å²) in [5.41, 5.74) is 2.32. The molecule has 25 heavy (non-hydrogen) atoms. The van der Waals surface area contributed by atoms with Crippen molar-refractivity contribution < 1.29 is 4.79 Å². The number of hydrogen-bond acceptors (Lipinski definition) is 2. The molecule has 1 rings (SSSR count). The van der Waals surface area contributed by atoms with Gasteiger partial charge in [0, 0.05) is 12.1 Å². The average Bonchev–Trinajstić information content (AvgIpc) is 2.54. The number of hydrogen-bond donors (Lipinski definition) is 1. The summed E-state index contributed by atoms with van der Waals surface area (Å²) >= 11 is 0. The van der Waals surface area contributed by atoms with Gasteiger partial charge in [-0.25, -0.2) is 0 Å². The zero-order valence-corrected chi connectivity index (χ0v) is 17.0. The van der Waals surface area contributed by atoms with Crippen molar-refractivity contribution in [3.05, 3.63) is 35.4 Å². The van der Waals surface area contributed by atoms with Crippen LogP contribution in [0.5, 0.6) is 0 Å². The molecular weight excluding hydrogens is 308 g/mol. The standard InChI is InChI=1S/C22H38N2O/c1-6-15-24(16-7-2)17-9-8-14-23-21(25)20-12-10-19(11-13-20)18-22(3,4)5/h10-13H,6-9,14-18H2,1-5H3,(H,23,25). The Bertz CT molecular complexity index is 482. The zero-order chi connectivity index (χ0) is 18.7. The quantitative estimate of drug-likeness (QED) is 0.578. The van der Waals surface area contributed by atoms with Gasteiger partial charge < -0.3 is 10.2 Å². The van der Waals surface area contributed by atoms with E-state index in [1.54, 1.807) is 0 Å². The summed E-state index contributed by atoms with van der Waals surface area (Å²) in [7, 11) is 0.